The Balaban J connectivity index is 1.42. The molecule has 10 nitrogen and oxygen atoms in total. The highest BCUT2D eigenvalue weighted by Crippen LogP contribution is 2.50. The molecule has 2 atom stereocenters. The van der Waals surface area contributed by atoms with Gasteiger partial charge in [0.05, 0.1) is 33.1 Å². The summed E-state index contributed by atoms with van der Waals surface area (Å²) in [6.07, 6.45) is 4.00. The predicted molar refractivity (Wildman–Crippen MR) is 185 cm³/mol. The van der Waals surface area contributed by atoms with E-state index in [9.17, 15) is 14.4 Å². The Labute approximate surface area is 275 Å². The van der Waals surface area contributed by atoms with Gasteiger partial charge < -0.3 is 34.7 Å². The summed E-state index contributed by atoms with van der Waals surface area (Å²) in [4.78, 5) is 39.1. The van der Waals surface area contributed by atoms with Crippen LogP contribution in [0.4, 0.5) is 5.69 Å². The van der Waals surface area contributed by atoms with Crippen molar-refractivity contribution >= 4 is 28.4 Å². The van der Waals surface area contributed by atoms with E-state index in [-0.39, 0.29) is 22.9 Å². The first kappa shape index (κ1) is 33.4. The Kier molecular flexibility index (Phi) is 10.1. The number of para-hydroxylation sites is 1. The van der Waals surface area contributed by atoms with E-state index in [2.05, 4.69) is 52.7 Å². The van der Waals surface area contributed by atoms with Crippen molar-refractivity contribution in [2.24, 2.45) is 0 Å². The lowest BCUT2D eigenvalue weighted by molar-refractivity contribution is -0.121. The van der Waals surface area contributed by atoms with Crippen LogP contribution in [0.15, 0.2) is 59.5 Å². The van der Waals surface area contributed by atoms with Crippen LogP contribution in [0, 0.1) is 0 Å². The highest BCUT2D eigenvalue weighted by molar-refractivity contribution is 5.86. The van der Waals surface area contributed by atoms with E-state index in [1.54, 1.807) is 40.4 Å². The number of hydrogen-bond acceptors (Lipinski definition) is 7. The highest BCUT2D eigenvalue weighted by atomic mass is 16.5. The zero-order valence-corrected chi connectivity index (χ0v) is 28.2. The zero-order valence-electron chi connectivity index (χ0n) is 28.2. The Morgan fingerprint density at radius 2 is 1.72 bits per heavy atom. The summed E-state index contributed by atoms with van der Waals surface area (Å²) in [6, 6.07) is 14.5. The molecule has 1 aromatic heterocycles. The zero-order chi connectivity index (χ0) is 33.8. The number of benzene rings is 2. The number of ether oxygens (including phenoxy) is 3. The smallest absolute Gasteiger partial charge is 0.242 e. The number of aryl methyl sites for hydroxylation is 1. The van der Waals surface area contributed by atoms with Gasteiger partial charge in [0.1, 0.15) is 6.04 Å². The van der Waals surface area contributed by atoms with Gasteiger partial charge in [0.15, 0.2) is 11.5 Å². The number of fused-ring (bicyclic) bond motifs is 4. The van der Waals surface area contributed by atoms with E-state index < -0.39 is 12.1 Å². The fourth-order valence-electron chi connectivity index (χ4n) is 6.50. The molecule has 0 saturated carbocycles. The van der Waals surface area contributed by atoms with Crippen LogP contribution in [-0.2, 0) is 22.4 Å². The van der Waals surface area contributed by atoms with Crippen LogP contribution in [0.1, 0.15) is 62.9 Å². The summed E-state index contributed by atoms with van der Waals surface area (Å²) in [7, 11) is 4.67. The minimum absolute atomic E-state index is 0.203. The van der Waals surface area contributed by atoms with E-state index in [1.807, 2.05) is 24.3 Å². The van der Waals surface area contributed by atoms with Crippen molar-refractivity contribution in [3.63, 3.8) is 0 Å². The molecule has 2 amide bonds. The summed E-state index contributed by atoms with van der Waals surface area (Å²) >= 11 is 0. The average Bonchev–Trinajstić information content (AvgIpc) is 3.27. The normalized spacial score (nSPS) is 14.4. The molecule has 10 heteroatoms. The van der Waals surface area contributed by atoms with Gasteiger partial charge in [0, 0.05) is 42.2 Å². The number of anilines is 1. The van der Waals surface area contributed by atoms with Gasteiger partial charge in [-0.05, 0) is 86.6 Å². The third kappa shape index (κ3) is 6.77. The number of nitrogens with zero attached hydrogens (tertiary/aromatic N) is 1. The van der Waals surface area contributed by atoms with Gasteiger partial charge in [-0.25, -0.2) is 0 Å². The van der Waals surface area contributed by atoms with Gasteiger partial charge in [-0.1, -0.05) is 24.3 Å². The van der Waals surface area contributed by atoms with E-state index in [0.29, 0.717) is 54.7 Å². The van der Waals surface area contributed by atoms with Crippen LogP contribution < -0.4 is 35.6 Å². The molecule has 0 aliphatic heterocycles. The van der Waals surface area contributed by atoms with E-state index >= 15 is 0 Å². The fourth-order valence-corrected chi connectivity index (χ4v) is 6.50. The number of aromatic nitrogens is 1. The topological polar surface area (TPSA) is 120 Å². The minimum Gasteiger partial charge on any atom is -0.493 e. The van der Waals surface area contributed by atoms with Crippen molar-refractivity contribution in [3.05, 3.63) is 81.6 Å². The van der Waals surface area contributed by atoms with Crippen molar-refractivity contribution in [1.29, 1.82) is 0 Å². The number of methoxy groups -OCH3 is 3. The maximum atomic E-state index is 13.7. The molecule has 0 radical (unpaired) electrons. The first-order chi connectivity index (χ1) is 22.6. The lowest BCUT2D eigenvalue weighted by atomic mass is 9.95. The molecule has 1 aliphatic carbocycles. The third-order valence-corrected chi connectivity index (χ3v) is 8.75. The molecule has 1 aliphatic rings. The van der Waals surface area contributed by atoms with Crippen LogP contribution in [0.25, 0.3) is 22.0 Å². The van der Waals surface area contributed by atoms with Crippen molar-refractivity contribution in [1.82, 2.24) is 15.2 Å². The van der Waals surface area contributed by atoms with Gasteiger partial charge in [-0.2, -0.15) is 0 Å². The summed E-state index contributed by atoms with van der Waals surface area (Å²) in [5.74, 6) is 1.02. The molecule has 3 N–H and O–H groups in total. The molecule has 0 spiro atoms. The lowest BCUT2D eigenvalue weighted by Gasteiger charge is -2.19. The molecule has 5 rings (SSSR count). The van der Waals surface area contributed by atoms with Gasteiger partial charge in [-0.3, -0.25) is 14.4 Å². The standard InChI is InChI=1S/C37H44N4O6/c1-21(2)41-20-25(26-10-8-9-11-31(26)41)16-17-38-37(44)22(3)39-30-15-13-27-28(19-32(30)43)29(40-23(4)42)14-12-24-18-33(45-5)35(46-6)36(47-7)34(24)27/h8-11,13,15,18-22,29H,12,14,16-17H2,1-7H3,(H,38,44)(H,39,43)(H,40,42)/t22-,29-/m0/s1. The average molecular weight is 641 g/mol. The number of carbonyl (C=O) groups is 2. The second kappa shape index (κ2) is 14.2. The molecule has 3 aromatic carbocycles. The molecular formula is C37H44N4O6. The second-order valence-electron chi connectivity index (χ2n) is 12.2. The molecule has 1 heterocycles. The van der Waals surface area contributed by atoms with E-state index in [0.717, 1.165) is 16.7 Å². The van der Waals surface area contributed by atoms with Crippen LogP contribution in [-0.4, -0.2) is 50.3 Å². The first-order valence-electron chi connectivity index (χ1n) is 16.0. The summed E-state index contributed by atoms with van der Waals surface area (Å²) in [5.41, 5.74) is 5.39. The van der Waals surface area contributed by atoms with Gasteiger partial charge in [0.2, 0.25) is 23.0 Å². The Morgan fingerprint density at radius 3 is 2.40 bits per heavy atom. The van der Waals surface area contributed by atoms with Crippen LogP contribution >= 0.6 is 0 Å². The quantitative estimate of drug-likeness (QED) is 0.196. The largest absolute Gasteiger partial charge is 0.493 e. The first-order valence-corrected chi connectivity index (χ1v) is 16.0. The van der Waals surface area contributed by atoms with Gasteiger partial charge in [0.25, 0.3) is 0 Å². The van der Waals surface area contributed by atoms with E-state index in [1.165, 1.54) is 23.4 Å². The molecule has 0 bridgehead atoms. The van der Waals surface area contributed by atoms with Crippen molar-refractivity contribution in [2.45, 2.75) is 65.1 Å². The Hall–Kier alpha value is -4.99. The number of nitrogens with one attached hydrogen (secondary N) is 3. The predicted octanol–water partition coefficient (Wildman–Crippen LogP) is 5.56. The molecular weight excluding hydrogens is 596 g/mol. The lowest BCUT2D eigenvalue weighted by Crippen LogP contribution is -2.39. The Bertz CT molecular complexity index is 1860. The van der Waals surface area contributed by atoms with Gasteiger partial charge >= 0.3 is 0 Å². The minimum atomic E-state index is -0.681. The maximum Gasteiger partial charge on any atom is 0.242 e. The maximum absolute atomic E-state index is 13.7. The van der Waals surface area contributed by atoms with Crippen LogP contribution in [0.3, 0.4) is 0 Å². The van der Waals surface area contributed by atoms with Crippen molar-refractivity contribution in [2.75, 3.05) is 33.2 Å². The Morgan fingerprint density at radius 1 is 0.979 bits per heavy atom. The summed E-state index contributed by atoms with van der Waals surface area (Å²) < 4.78 is 19.4. The molecule has 248 valence electrons. The van der Waals surface area contributed by atoms with Crippen LogP contribution in [0.2, 0.25) is 0 Å². The number of carbonyl (C=O) groups excluding carboxylic acids is 2. The molecule has 0 fully saturated rings. The van der Waals surface area contributed by atoms with Crippen molar-refractivity contribution in [3.8, 4) is 28.4 Å². The molecule has 47 heavy (non-hydrogen) atoms. The fraction of sp³-hybridized carbons (Fsp3) is 0.378. The number of amides is 2. The summed E-state index contributed by atoms with van der Waals surface area (Å²) in [5, 5.41) is 10.3. The number of hydrogen-bond donors (Lipinski definition) is 3. The van der Waals surface area contributed by atoms with Gasteiger partial charge in [-0.15, -0.1) is 0 Å². The van der Waals surface area contributed by atoms with Crippen molar-refractivity contribution < 1.29 is 23.8 Å². The monoisotopic (exact) mass is 640 g/mol. The molecule has 4 aromatic rings. The molecule has 0 unspecified atom stereocenters. The summed E-state index contributed by atoms with van der Waals surface area (Å²) in [6.45, 7) is 7.95. The van der Waals surface area contributed by atoms with E-state index in [4.69, 9.17) is 14.2 Å². The SMILES string of the molecule is COc1cc2c(c(OC)c1OC)-c1ccc(N[C@@H](C)C(=O)NCCc3cn(C(C)C)c4ccccc34)c(=O)cc1[C@@H](NC(C)=O)CC2. The molecule has 0 saturated heterocycles. The second-order valence-corrected chi connectivity index (χ2v) is 12.2. The third-order valence-electron chi connectivity index (χ3n) is 8.75. The highest BCUT2D eigenvalue weighted by Gasteiger charge is 2.29. The van der Waals surface area contributed by atoms with Crippen LogP contribution in [0.5, 0.6) is 17.2 Å². The number of rotatable bonds is 11.